The third-order valence-electron chi connectivity index (χ3n) is 3.27. The molecule has 0 spiro atoms. The molecule has 0 aliphatic rings. The third-order valence-corrected chi connectivity index (χ3v) is 4.99. The molecule has 0 unspecified atom stereocenters. The predicted molar refractivity (Wildman–Crippen MR) is 71.4 cm³/mol. The van der Waals surface area contributed by atoms with Gasteiger partial charge in [0.2, 0.25) is 10.0 Å². The van der Waals surface area contributed by atoms with Crippen LogP contribution < -0.4 is 10.5 Å². The van der Waals surface area contributed by atoms with E-state index in [4.69, 9.17) is 5.73 Å². The Morgan fingerprint density at radius 2 is 2.00 bits per heavy atom. The Morgan fingerprint density at radius 1 is 1.39 bits per heavy atom. The van der Waals surface area contributed by atoms with Crippen molar-refractivity contribution < 1.29 is 8.42 Å². The van der Waals surface area contributed by atoms with E-state index in [1.54, 1.807) is 12.3 Å². The Hall–Kier alpha value is -0.980. The Kier molecular flexibility index (Phi) is 4.84. The summed E-state index contributed by atoms with van der Waals surface area (Å²) in [7, 11) is -3.58. The zero-order valence-electron chi connectivity index (χ0n) is 11.1. The second-order valence-corrected chi connectivity index (χ2v) is 6.18. The molecule has 0 aliphatic heterocycles. The van der Waals surface area contributed by atoms with Crippen molar-refractivity contribution >= 4 is 10.0 Å². The first kappa shape index (κ1) is 15.1. The lowest BCUT2D eigenvalue weighted by molar-refractivity contribution is 0.388. The van der Waals surface area contributed by atoms with Crippen molar-refractivity contribution in [2.24, 2.45) is 5.73 Å². The van der Waals surface area contributed by atoms with E-state index in [1.165, 1.54) is 6.07 Å². The lowest BCUT2D eigenvalue weighted by Gasteiger charge is -2.28. The molecule has 0 aromatic carbocycles. The number of hydrogen-bond acceptors (Lipinski definition) is 4. The van der Waals surface area contributed by atoms with Crippen molar-refractivity contribution in [1.29, 1.82) is 0 Å². The topological polar surface area (TPSA) is 85.1 Å². The lowest BCUT2D eigenvalue weighted by atomic mass is 9.98. The first-order valence-electron chi connectivity index (χ1n) is 6.06. The van der Waals surface area contributed by atoms with Gasteiger partial charge in [-0.3, -0.25) is 4.98 Å². The van der Waals surface area contributed by atoms with Gasteiger partial charge in [-0.15, -0.1) is 0 Å². The minimum Gasteiger partial charge on any atom is -0.325 e. The van der Waals surface area contributed by atoms with Crippen molar-refractivity contribution in [2.45, 2.75) is 50.6 Å². The second kappa shape index (κ2) is 5.77. The van der Waals surface area contributed by atoms with Crippen LogP contribution in [0.15, 0.2) is 23.2 Å². The molecule has 1 aromatic rings. The maximum absolute atomic E-state index is 12.3. The standard InChI is InChI=1S/C12H21N3O2S/c1-4-12(3,5-2)15-18(16,17)11-7-6-8-14-10(11)9-13/h6-8,15H,4-5,9,13H2,1-3H3. The van der Waals surface area contributed by atoms with Crippen LogP contribution in [0.25, 0.3) is 0 Å². The molecule has 1 heterocycles. The van der Waals surface area contributed by atoms with E-state index in [-0.39, 0.29) is 11.4 Å². The largest absolute Gasteiger partial charge is 0.325 e. The summed E-state index contributed by atoms with van der Waals surface area (Å²) in [5, 5.41) is 0. The normalized spacial score (nSPS) is 12.7. The Morgan fingerprint density at radius 3 is 2.50 bits per heavy atom. The first-order valence-corrected chi connectivity index (χ1v) is 7.55. The molecule has 0 amide bonds. The van der Waals surface area contributed by atoms with Crippen LogP contribution in [-0.4, -0.2) is 18.9 Å². The van der Waals surface area contributed by atoms with E-state index in [9.17, 15) is 8.42 Å². The molecule has 6 heteroatoms. The molecule has 5 nitrogen and oxygen atoms in total. The third kappa shape index (κ3) is 3.28. The van der Waals surface area contributed by atoms with Gasteiger partial charge < -0.3 is 5.73 Å². The molecule has 0 saturated heterocycles. The minimum absolute atomic E-state index is 0.103. The number of nitrogens with two attached hydrogens (primary N) is 1. The highest BCUT2D eigenvalue weighted by Crippen LogP contribution is 2.20. The first-order chi connectivity index (χ1) is 8.38. The van der Waals surface area contributed by atoms with E-state index in [0.29, 0.717) is 5.69 Å². The molecule has 1 aromatic heterocycles. The highest BCUT2D eigenvalue weighted by atomic mass is 32.2. The van der Waals surface area contributed by atoms with Crippen LogP contribution in [0.1, 0.15) is 39.3 Å². The van der Waals surface area contributed by atoms with E-state index in [0.717, 1.165) is 12.8 Å². The summed E-state index contributed by atoms with van der Waals surface area (Å²) in [5.41, 5.74) is 5.47. The van der Waals surface area contributed by atoms with Gasteiger partial charge in [0.25, 0.3) is 0 Å². The minimum atomic E-state index is -3.58. The van der Waals surface area contributed by atoms with Crippen molar-refractivity contribution in [3.8, 4) is 0 Å². The van der Waals surface area contributed by atoms with Crippen LogP contribution in [0.5, 0.6) is 0 Å². The number of rotatable bonds is 6. The molecule has 0 aliphatic carbocycles. The summed E-state index contributed by atoms with van der Waals surface area (Å²) in [4.78, 5) is 4.17. The van der Waals surface area contributed by atoms with Gasteiger partial charge in [-0.05, 0) is 31.9 Å². The van der Waals surface area contributed by atoms with Gasteiger partial charge in [-0.25, -0.2) is 13.1 Å². The molecule has 0 radical (unpaired) electrons. The number of aromatic nitrogens is 1. The molecule has 18 heavy (non-hydrogen) atoms. The lowest BCUT2D eigenvalue weighted by Crippen LogP contribution is -2.45. The summed E-state index contributed by atoms with van der Waals surface area (Å²) in [6.45, 7) is 5.91. The van der Waals surface area contributed by atoms with Crippen molar-refractivity contribution in [3.05, 3.63) is 24.0 Å². The second-order valence-electron chi connectivity index (χ2n) is 4.53. The molecule has 0 saturated carbocycles. The Bertz CT molecular complexity index is 496. The fourth-order valence-corrected chi connectivity index (χ4v) is 3.35. The fraction of sp³-hybridized carbons (Fsp3) is 0.583. The molecular weight excluding hydrogens is 250 g/mol. The summed E-state index contributed by atoms with van der Waals surface area (Å²) in [6.07, 6.45) is 2.99. The SMILES string of the molecule is CCC(C)(CC)NS(=O)(=O)c1cccnc1CN. The zero-order valence-corrected chi connectivity index (χ0v) is 11.9. The van der Waals surface area contributed by atoms with E-state index < -0.39 is 15.6 Å². The number of nitrogens with one attached hydrogen (secondary N) is 1. The van der Waals surface area contributed by atoms with Crippen LogP contribution in [0.2, 0.25) is 0 Å². The number of nitrogens with zero attached hydrogens (tertiary/aromatic N) is 1. The van der Waals surface area contributed by atoms with E-state index in [1.807, 2.05) is 20.8 Å². The molecule has 3 N–H and O–H groups in total. The molecule has 1 rings (SSSR count). The van der Waals surface area contributed by atoms with Gasteiger partial charge >= 0.3 is 0 Å². The van der Waals surface area contributed by atoms with Crippen LogP contribution in [0.3, 0.4) is 0 Å². The molecule has 0 bridgehead atoms. The van der Waals surface area contributed by atoms with Gasteiger partial charge in [0, 0.05) is 18.3 Å². The Labute approximate surface area is 109 Å². The van der Waals surface area contributed by atoms with Crippen LogP contribution >= 0.6 is 0 Å². The van der Waals surface area contributed by atoms with E-state index in [2.05, 4.69) is 9.71 Å². The summed E-state index contributed by atoms with van der Waals surface area (Å²) in [6, 6.07) is 3.13. The average molecular weight is 271 g/mol. The van der Waals surface area contributed by atoms with Gasteiger partial charge in [0.1, 0.15) is 4.90 Å². The molecular formula is C12H21N3O2S. The van der Waals surface area contributed by atoms with Gasteiger partial charge in [-0.1, -0.05) is 13.8 Å². The van der Waals surface area contributed by atoms with Crippen molar-refractivity contribution in [2.75, 3.05) is 0 Å². The zero-order chi connectivity index (χ0) is 13.8. The number of hydrogen-bond donors (Lipinski definition) is 2. The van der Waals surface area contributed by atoms with Crippen LogP contribution in [-0.2, 0) is 16.6 Å². The van der Waals surface area contributed by atoms with Crippen molar-refractivity contribution in [3.63, 3.8) is 0 Å². The molecule has 0 atom stereocenters. The van der Waals surface area contributed by atoms with Crippen molar-refractivity contribution in [1.82, 2.24) is 9.71 Å². The Balaban J connectivity index is 3.14. The maximum Gasteiger partial charge on any atom is 0.242 e. The quantitative estimate of drug-likeness (QED) is 0.819. The molecule has 102 valence electrons. The van der Waals surface area contributed by atoms with E-state index >= 15 is 0 Å². The summed E-state index contributed by atoms with van der Waals surface area (Å²) in [5.74, 6) is 0. The average Bonchev–Trinajstić information content (AvgIpc) is 2.38. The van der Waals surface area contributed by atoms with Crippen LogP contribution in [0, 0.1) is 0 Å². The van der Waals surface area contributed by atoms with Gasteiger partial charge in [0.15, 0.2) is 0 Å². The number of sulfonamides is 1. The highest BCUT2D eigenvalue weighted by Gasteiger charge is 2.28. The molecule has 0 fully saturated rings. The smallest absolute Gasteiger partial charge is 0.242 e. The van der Waals surface area contributed by atoms with Gasteiger partial charge in [-0.2, -0.15) is 0 Å². The monoisotopic (exact) mass is 271 g/mol. The van der Waals surface area contributed by atoms with Crippen LogP contribution in [0.4, 0.5) is 0 Å². The predicted octanol–water partition coefficient (Wildman–Crippen LogP) is 1.40. The highest BCUT2D eigenvalue weighted by molar-refractivity contribution is 7.89. The maximum atomic E-state index is 12.3. The van der Waals surface area contributed by atoms with Gasteiger partial charge in [0.05, 0.1) is 5.69 Å². The fourth-order valence-electron chi connectivity index (χ4n) is 1.59. The summed E-state index contributed by atoms with van der Waals surface area (Å²) >= 11 is 0. The number of pyridine rings is 1. The summed E-state index contributed by atoms with van der Waals surface area (Å²) < 4.78 is 27.4.